The second kappa shape index (κ2) is 5.48. The number of thiocarbonyl (C=S) groups is 1. The van der Waals surface area contributed by atoms with E-state index in [4.69, 9.17) is 18.0 Å². The van der Waals surface area contributed by atoms with E-state index in [2.05, 4.69) is 0 Å². The minimum Gasteiger partial charge on any atom is -0.389 e. The predicted molar refractivity (Wildman–Crippen MR) is 77.7 cm³/mol. The van der Waals surface area contributed by atoms with Gasteiger partial charge in [0.1, 0.15) is 4.99 Å². The quantitative estimate of drug-likeness (QED) is 0.848. The number of hydrogen-bond donors (Lipinski definition) is 1. The van der Waals surface area contributed by atoms with Crippen LogP contribution in [0.5, 0.6) is 0 Å². The van der Waals surface area contributed by atoms with Crippen molar-refractivity contribution in [2.45, 2.75) is 25.7 Å². The Morgan fingerprint density at radius 3 is 2.44 bits per heavy atom. The minimum absolute atomic E-state index is 0.183. The largest absolute Gasteiger partial charge is 0.389 e. The first kappa shape index (κ1) is 13.0. The van der Waals surface area contributed by atoms with E-state index in [1.807, 2.05) is 31.3 Å². The van der Waals surface area contributed by atoms with Crippen LogP contribution in [0.3, 0.4) is 0 Å². The minimum atomic E-state index is 0.183. The molecule has 1 fully saturated rings. The maximum Gasteiger partial charge on any atom is 0.226 e. The zero-order valence-corrected chi connectivity index (χ0v) is 11.4. The summed E-state index contributed by atoms with van der Waals surface area (Å²) >= 11 is 4.90. The number of carbonyl (C=O) groups is 1. The Bertz CT molecular complexity index is 451. The van der Waals surface area contributed by atoms with Gasteiger partial charge in [-0.3, -0.25) is 4.79 Å². The van der Waals surface area contributed by atoms with Gasteiger partial charge in [0.05, 0.1) is 0 Å². The van der Waals surface area contributed by atoms with Crippen LogP contribution in [0.2, 0.25) is 0 Å². The molecule has 1 aliphatic rings. The number of carbonyl (C=O) groups excluding carboxylic acids is 1. The molecule has 0 bridgehead atoms. The Balaban J connectivity index is 2.00. The number of nitrogens with two attached hydrogens (primary N) is 1. The monoisotopic (exact) mass is 262 g/mol. The molecule has 0 aliphatic heterocycles. The third-order valence-electron chi connectivity index (χ3n) is 3.60. The lowest BCUT2D eigenvalue weighted by Crippen LogP contribution is -2.29. The van der Waals surface area contributed by atoms with E-state index in [1.165, 1.54) is 19.3 Å². The van der Waals surface area contributed by atoms with Crippen LogP contribution in [0.4, 0.5) is 5.69 Å². The van der Waals surface area contributed by atoms with Crippen LogP contribution in [0.15, 0.2) is 24.3 Å². The molecule has 1 saturated carbocycles. The van der Waals surface area contributed by atoms with Gasteiger partial charge in [0, 0.05) is 24.7 Å². The van der Waals surface area contributed by atoms with E-state index in [0.29, 0.717) is 17.3 Å². The molecule has 0 heterocycles. The zero-order chi connectivity index (χ0) is 13.1. The lowest BCUT2D eigenvalue weighted by molar-refractivity contribution is -0.119. The average molecular weight is 262 g/mol. The first-order chi connectivity index (χ1) is 8.58. The summed E-state index contributed by atoms with van der Waals surface area (Å²) in [5.41, 5.74) is 7.26. The fourth-order valence-electron chi connectivity index (χ4n) is 2.07. The molecule has 1 aromatic carbocycles. The molecule has 0 unspecified atom stereocenters. The summed E-state index contributed by atoms with van der Waals surface area (Å²) in [4.78, 5) is 14.1. The van der Waals surface area contributed by atoms with Crippen molar-refractivity contribution in [2.75, 3.05) is 11.9 Å². The van der Waals surface area contributed by atoms with Gasteiger partial charge in [-0.2, -0.15) is 0 Å². The summed E-state index contributed by atoms with van der Waals surface area (Å²) in [6, 6.07) is 7.47. The molecule has 96 valence electrons. The SMILES string of the molecule is CN(C(=O)CC1CCC1)c1ccc(C(N)=S)cc1. The Morgan fingerprint density at radius 1 is 1.39 bits per heavy atom. The smallest absolute Gasteiger partial charge is 0.226 e. The highest BCUT2D eigenvalue weighted by molar-refractivity contribution is 7.80. The molecule has 0 radical (unpaired) electrons. The first-order valence-corrected chi connectivity index (χ1v) is 6.65. The second-order valence-corrected chi connectivity index (χ2v) is 5.30. The molecule has 1 aliphatic carbocycles. The third kappa shape index (κ3) is 2.88. The van der Waals surface area contributed by atoms with Gasteiger partial charge in [0.15, 0.2) is 0 Å². The van der Waals surface area contributed by atoms with E-state index < -0.39 is 0 Å². The van der Waals surface area contributed by atoms with Gasteiger partial charge in [-0.05, 0) is 43.0 Å². The summed E-state index contributed by atoms with van der Waals surface area (Å²) < 4.78 is 0. The van der Waals surface area contributed by atoms with Gasteiger partial charge in [0.25, 0.3) is 0 Å². The summed E-state index contributed by atoms with van der Waals surface area (Å²) in [6.07, 6.45) is 4.32. The summed E-state index contributed by atoms with van der Waals surface area (Å²) in [5, 5.41) is 0. The molecule has 2 N–H and O–H groups in total. The summed E-state index contributed by atoms with van der Waals surface area (Å²) in [5.74, 6) is 0.776. The van der Waals surface area contributed by atoms with Crippen molar-refractivity contribution in [3.05, 3.63) is 29.8 Å². The average Bonchev–Trinajstić information content (AvgIpc) is 2.32. The zero-order valence-electron chi connectivity index (χ0n) is 10.6. The molecular weight excluding hydrogens is 244 g/mol. The molecule has 2 rings (SSSR count). The van der Waals surface area contributed by atoms with Gasteiger partial charge >= 0.3 is 0 Å². The summed E-state index contributed by atoms with van der Waals surface area (Å²) in [7, 11) is 1.82. The van der Waals surface area contributed by atoms with E-state index >= 15 is 0 Å². The van der Waals surface area contributed by atoms with E-state index in [0.717, 1.165) is 11.3 Å². The number of nitrogens with zero attached hydrogens (tertiary/aromatic N) is 1. The Morgan fingerprint density at radius 2 is 2.00 bits per heavy atom. The fraction of sp³-hybridized carbons (Fsp3) is 0.429. The van der Waals surface area contributed by atoms with Crippen molar-refractivity contribution in [1.82, 2.24) is 0 Å². The van der Waals surface area contributed by atoms with Crippen LogP contribution in [-0.4, -0.2) is 17.9 Å². The van der Waals surface area contributed by atoms with Gasteiger partial charge in [-0.15, -0.1) is 0 Å². The topological polar surface area (TPSA) is 46.3 Å². The van der Waals surface area contributed by atoms with Gasteiger partial charge < -0.3 is 10.6 Å². The number of amides is 1. The van der Waals surface area contributed by atoms with Crippen molar-refractivity contribution in [2.24, 2.45) is 11.7 Å². The standard InChI is InChI=1S/C14H18N2OS/c1-16(13(17)9-10-3-2-4-10)12-7-5-11(6-8-12)14(15)18/h5-8,10H,2-4,9H2,1H3,(H2,15,18). The lowest BCUT2D eigenvalue weighted by Gasteiger charge is -2.27. The second-order valence-electron chi connectivity index (χ2n) is 4.86. The van der Waals surface area contributed by atoms with E-state index in [9.17, 15) is 4.79 Å². The third-order valence-corrected chi connectivity index (χ3v) is 3.84. The van der Waals surface area contributed by atoms with Crippen LogP contribution in [0.1, 0.15) is 31.2 Å². The highest BCUT2D eigenvalue weighted by Gasteiger charge is 2.22. The molecule has 1 amide bonds. The van der Waals surface area contributed by atoms with E-state index in [-0.39, 0.29) is 5.91 Å². The normalized spacial score (nSPS) is 14.9. The Kier molecular flexibility index (Phi) is 3.97. The number of hydrogen-bond acceptors (Lipinski definition) is 2. The van der Waals surface area contributed by atoms with Gasteiger partial charge in [-0.1, -0.05) is 18.6 Å². The van der Waals surface area contributed by atoms with Crippen LogP contribution in [0.25, 0.3) is 0 Å². The maximum absolute atomic E-state index is 12.0. The molecule has 0 aromatic heterocycles. The highest BCUT2D eigenvalue weighted by atomic mass is 32.1. The van der Waals surface area contributed by atoms with Gasteiger partial charge in [-0.25, -0.2) is 0 Å². The van der Waals surface area contributed by atoms with Crippen LogP contribution >= 0.6 is 12.2 Å². The number of anilines is 1. The summed E-state index contributed by atoms with van der Waals surface area (Å²) in [6.45, 7) is 0. The lowest BCUT2D eigenvalue weighted by atomic mass is 9.82. The molecule has 0 spiro atoms. The van der Waals surface area contributed by atoms with Crippen LogP contribution < -0.4 is 10.6 Å². The number of rotatable bonds is 4. The molecule has 0 atom stereocenters. The van der Waals surface area contributed by atoms with Crippen molar-refractivity contribution < 1.29 is 4.79 Å². The maximum atomic E-state index is 12.0. The van der Waals surface area contributed by atoms with E-state index in [1.54, 1.807) is 4.90 Å². The molecule has 1 aromatic rings. The molecule has 0 saturated heterocycles. The molecule has 18 heavy (non-hydrogen) atoms. The van der Waals surface area contributed by atoms with Gasteiger partial charge in [0.2, 0.25) is 5.91 Å². The van der Waals surface area contributed by atoms with Crippen molar-refractivity contribution >= 4 is 28.8 Å². The Hall–Kier alpha value is -1.42. The predicted octanol–water partition coefficient (Wildman–Crippen LogP) is 2.47. The fourth-order valence-corrected chi connectivity index (χ4v) is 2.21. The Labute approximate surface area is 113 Å². The van der Waals surface area contributed by atoms with Crippen molar-refractivity contribution in [1.29, 1.82) is 0 Å². The number of benzene rings is 1. The van der Waals surface area contributed by atoms with Crippen LogP contribution in [-0.2, 0) is 4.79 Å². The highest BCUT2D eigenvalue weighted by Crippen LogP contribution is 2.30. The molecule has 4 heteroatoms. The van der Waals surface area contributed by atoms with Crippen LogP contribution in [0, 0.1) is 5.92 Å². The van der Waals surface area contributed by atoms with Crippen molar-refractivity contribution in [3.63, 3.8) is 0 Å². The molecule has 3 nitrogen and oxygen atoms in total. The molecular formula is C14H18N2OS. The van der Waals surface area contributed by atoms with Crippen molar-refractivity contribution in [3.8, 4) is 0 Å². The first-order valence-electron chi connectivity index (χ1n) is 6.24.